The molecule has 8 heteroatoms. The molecule has 2 aromatic rings. The first-order valence-corrected chi connectivity index (χ1v) is 8.49. The van der Waals surface area contributed by atoms with Crippen molar-refractivity contribution in [3.05, 3.63) is 40.6 Å². The van der Waals surface area contributed by atoms with Crippen LogP contribution >= 0.6 is 22.9 Å². The second-order valence-electron chi connectivity index (χ2n) is 5.25. The van der Waals surface area contributed by atoms with Gasteiger partial charge in [0.1, 0.15) is 5.82 Å². The van der Waals surface area contributed by atoms with Crippen molar-refractivity contribution in [3.63, 3.8) is 0 Å². The van der Waals surface area contributed by atoms with E-state index >= 15 is 0 Å². The standard InChI is InChI=1S/C15H16ClFN4OS/c16-12-9-11(1-2-13(12)17)19-14(22)10-20-4-6-21(7-5-20)15-18-3-8-23-15/h1-3,8-9H,4-7,10H2,(H,19,22). The lowest BCUT2D eigenvalue weighted by Gasteiger charge is -2.34. The Labute approximate surface area is 142 Å². The Bertz CT molecular complexity index is 674. The van der Waals surface area contributed by atoms with Gasteiger partial charge in [-0.2, -0.15) is 0 Å². The highest BCUT2D eigenvalue weighted by atomic mass is 35.5. The average molecular weight is 355 g/mol. The fourth-order valence-corrected chi connectivity index (χ4v) is 3.32. The molecule has 0 bridgehead atoms. The van der Waals surface area contributed by atoms with Crippen LogP contribution in [0.15, 0.2) is 29.8 Å². The Balaban J connectivity index is 1.48. The van der Waals surface area contributed by atoms with E-state index in [2.05, 4.69) is 20.1 Å². The number of hydrogen-bond acceptors (Lipinski definition) is 5. The maximum atomic E-state index is 13.1. The molecule has 1 saturated heterocycles. The topological polar surface area (TPSA) is 48.5 Å². The van der Waals surface area contributed by atoms with E-state index in [1.165, 1.54) is 18.2 Å². The van der Waals surface area contributed by atoms with E-state index in [-0.39, 0.29) is 10.9 Å². The van der Waals surface area contributed by atoms with Gasteiger partial charge in [0.2, 0.25) is 5.91 Å². The molecule has 1 amide bonds. The number of piperazine rings is 1. The third kappa shape index (κ3) is 4.19. The summed E-state index contributed by atoms with van der Waals surface area (Å²) in [7, 11) is 0. The van der Waals surface area contributed by atoms with E-state index in [4.69, 9.17) is 11.6 Å². The van der Waals surface area contributed by atoms with Crippen molar-refractivity contribution in [1.82, 2.24) is 9.88 Å². The quantitative estimate of drug-likeness (QED) is 0.917. The Morgan fingerprint density at radius 3 is 2.78 bits per heavy atom. The molecule has 0 atom stereocenters. The summed E-state index contributed by atoms with van der Waals surface area (Å²) >= 11 is 7.33. The predicted octanol–water partition coefficient (Wildman–Crippen LogP) is 2.70. The first kappa shape index (κ1) is 16.2. The molecule has 1 N–H and O–H groups in total. The van der Waals surface area contributed by atoms with Crippen molar-refractivity contribution in [1.29, 1.82) is 0 Å². The fraction of sp³-hybridized carbons (Fsp3) is 0.333. The number of aromatic nitrogens is 1. The molecule has 0 unspecified atom stereocenters. The van der Waals surface area contributed by atoms with Gasteiger partial charge < -0.3 is 10.2 Å². The van der Waals surface area contributed by atoms with Crippen LogP contribution in [-0.2, 0) is 4.79 Å². The van der Waals surface area contributed by atoms with E-state index in [9.17, 15) is 9.18 Å². The highest BCUT2D eigenvalue weighted by Gasteiger charge is 2.20. The lowest BCUT2D eigenvalue weighted by molar-refractivity contribution is -0.117. The number of rotatable bonds is 4. The van der Waals surface area contributed by atoms with Crippen molar-refractivity contribution in [2.24, 2.45) is 0 Å². The number of anilines is 2. The molecule has 1 aromatic carbocycles. The highest BCUT2D eigenvalue weighted by molar-refractivity contribution is 7.13. The van der Waals surface area contributed by atoms with Crippen LogP contribution in [0.1, 0.15) is 0 Å². The van der Waals surface area contributed by atoms with Crippen LogP contribution < -0.4 is 10.2 Å². The fourth-order valence-electron chi connectivity index (χ4n) is 2.45. The van der Waals surface area contributed by atoms with Crippen molar-refractivity contribution in [3.8, 4) is 0 Å². The molecule has 23 heavy (non-hydrogen) atoms. The predicted molar refractivity (Wildman–Crippen MR) is 90.8 cm³/mol. The number of benzene rings is 1. The minimum Gasteiger partial charge on any atom is -0.346 e. The number of carbonyl (C=O) groups excluding carboxylic acids is 1. The smallest absolute Gasteiger partial charge is 0.238 e. The maximum absolute atomic E-state index is 13.1. The Morgan fingerprint density at radius 2 is 2.13 bits per heavy atom. The van der Waals surface area contributed by atoms with Gasteiger partial charge in [-0.15, -0.1) is 11.3 Å². The van der Waals surface area contributed by atoms with Crippen molar-refractivity contribution in [2.75, 3.05) is 42.9 Å². The summed E-state index contributed by atoms with van der Waals surface area (Å²) in [5.41, 5.74) is 0.503. The third-order valence-corrected chi connectivity index (χ3v) is 4.75. The monoisotopic (exact) mass is 354 g/mol. The molecule has 1 aliphatic heterocycles. The summed E-state index contributed by atoms with van der Waals surface area (Å²) in [6.45, 7) is 3.61. The van der Waals surface area contributed by atoms with Gasteiger partial charge in [-0.1, -0.05) is 11.6 Å². The Morgan fingerprint density at radius 1 is 1.35 bits per heavy atom. The normalized spacial score (nSPS) is 15.7. The van der Waals surface area contributed by atoms with Crippen LogP contribution in [-0.4, -0.2) is 48.5 Å². The molecule has 0 radical (unpaired) electrons. The number of amides is 1. The molecule has 5 nitrogen and oxygen atoms in total. The van der Waals surface area contributed by atoms with Gasteiger partial charge in [0.05, 0.1) is 11.6 Å². The molecule has 1 fully saturated rings. The summed E-state index contributed by atoms with van der Waals surface area (Å²) in [6, 6.07) is 4.15. The Kier molecular flexibility index (Phi) is 5.09. The zero-order valence-electron chi connectivity index (χ0n) is 12.3. The van der Waals surface area contributed by atoms with Gasteiger partial charge in [0.15, 0.2) is 5.13 Å². The lowest BCUT2D eigenvalue weighted by Crippen LogP contribution is -2.48. The van der Waals surface area contributed by atoms with Gasteiger partial charge >= 0.3 is 0 Å². The number of nitrogens with zero attached hydrogens (tertiary/aromatic N) is 3. The molecule has 1 aromatic heterocycles. The molecule has 2 heterocycles. The number of halogens is 2. The van der Waals surface area contributed by atoms with Crippen LogP contribution in [0, 0.1) is 5.82 Å². The SMILES string of the molecule is O=C(CN1CCN(c2nccs2)CC1)Nc1ccc(F)c(Cl)c1. The highest BCUT2D eigenvalue weighted by Crippen LogP contribution is 2.20. The number of hydrogen-bond donors (Lipinski definition) is 1. The third-order valence-electron chi connectivity index (χ3n) is 3.63. The van der Waals surface area contributed by atoms with E-state index in [1.54, 1.807) is 17.5 Å². The molecule has 1 aliphatic rings. The number of thiazole rings is 1. The van der Waals surface area contributed by atoms with Gasteiger partial charge in [-0.3, -0.25) is 9.69 Å². The first-order valence-electron chi connectivity index (χ1n) is 7.23. The van der Waals surface area contributed by atoms with Gasteiger partial charge in [-0.05, 0) is 18.2 Å². The Hall–Kier alpha value is -1.70. The molecule has 122 valence electrons. The second kappa shape index (κ2) is 7.25. The lowest BCUT2D eigenvalue weighted by atomic mass is 10.3. The van der Waals surface area contributed by atoms with Crippen molar-refractivity contribution >= 4 is 39.7 Å². The minimum atomic E-state index is -0.497. The number of nitrogens with one attached hydrogen (secondary N) is 1. The molecule has 0 spiro atoms. The molecule has 0 saturated carbocycles. The summed E-state index contributed by atoms with van der Waals surface area (Å²) in [6.07, 6.45) is 1.80. The van der Waals surface area contributed by atoms with Crippen LogP contribution in [0.3, 0.4) is 0 Å². The second-order valence-corrected chi connectivity index (χ2v) is 6.54. The minimum absolute atomic E-state index is 0.000128. The van der Waals surface area contributed by atoms with Crippen molar-refractivity contribution < 1.29 is 9.18 Å². The van der Waals surface area contributed by atoms with Crippen LogP contribution in [0.25, 0.3) is 0 Å². The van der Waals surface area contributed by atoms with E-state index in [0.717, 1.165) is 31.3 Å². The zero-order valence-corrected chi connectivity index (χ0v) is 13.9. The van der Waals surface area contributed by atoms with Crippen LogP contribution in [0.5, 0.6) is 0 Å². The van der Waals surface area contributed by atoms with Crippen LogP contribution in [0.4, 0.5) is 15.2 Å². The summed E-state index contributed by atoms with van der Waals surface area (Å²) in [4.78, 5) is 20.7. The van der Waals surface area contributed by atoms with Gasteiger partial charge in [-0.25, -0.2) is 9.37 Å². The maximum Gasteiger partial charge on any atom is 0.238 e. The largest absolute Gasteiger partial charge is 0.346 e. The van der Waals surface area contributed by atoms with E-state index in [1.807, 2.05) is 5.38 Å². The van der Waals surface area contributed by atoms with Crippen LogP contribution in [0.2, 0.25) is 5.02 Å². The zero-order chi connectivity index (χ0) is 16.2. The number of carbonyl (C=O) groups is 1. The average Bonchev–Trinajstić information content (AvgIpc) is 3.06. The summed E-state index contributed by atoms with van der Waals surface area (Å²) < 4.78 is 13.1. The summed E-state index contributed by atoms with van der Waals surface area (Å²) in [5, 5.41) is 5.72. The van der Waals surface area contributed by atoms with Crippen molar-refractivity contribution in [2.45, 2.75) is 0 Å². The molecule has 0 aliphatic carbocycles. The van der Waals surface area contributed by atoms with Gasteiger partial charge in [0, 0.05) is 43.4 Å². The molecule has 3 rings (SSSR count). The van der Waals surface area contributed by atoms with E-state index < -0.39 is 5.82 Å². The molecular weight excluding hydrogens is 339 g/mol. The van der Waals surface area contributed by atoms with Gasteiger partial charge in [0.25, 0.3) is 0 Å². The summed E-state index contributed by atoms with van der Waals surface area (Å²) in [5.74, 6) is -0.627. The first-order chi connectivity index (χ1) is 11.1. The molecular formula is C15H16ClFN4OS. The van der Waals surface area contributed by atoms with E-state index in [0.29, 0.717) is 12.2 Å².